The number of hydrogen-bond donors (Lipinski definition) is 1. The molecular weight excluding hydrogens is 380 g/mol. The van der Waals surface area contributed by atoms with Gasteiger partial charge in [0.25, 0.3) is 5.91 Å². The maximum absolute atomic E-state index is 13.3. The number of ether oxygens (including phenoxy) is 3. The molecule has 2 aliphatic rings. The van der Waals surface area contributed by atoms with Gasteiger partial charge in [0.2, 0.25) is 0 Å². The second-order valence-electron chi connectivity index (χ2n) is 7.93. The molecule has 0 aliphatic carbocycles. The highest BCUT2D eigenvalue weighted by Crippen LogP contribution is 2.30. The Bertz CT molecular complexity index is 844. The van der Waals surface area contributed by atoms with Crippen molar-refractivity contribution in [1.29, 1.82) is 0 Å². The summed E-state index contributed by atoms with van der Waals surface area (Å²) in [6, 6.07) is 16.1. The van der Waals surface area contributed by atoms with Gasteiger partial charge in [-0.1, -0.05) is 30.3 Å². The number of hydrogen-bond acceptors (Lipinski definition) is 5. The first-order valence-corrected chi connectivity index (χ1v) is 10.7. The molecule has 0 saturated carbocycles. The van der Waals surface area contributed by atoms with Crippen molar-refractivity contribution in [2.24, 2.45) is 0 Å². The standard InChI is InChI=1S/C24H30N2O4/c1-19-17-21(26-11-15-29-16-12-26)7-8-22(19)25-23(27)24(9-13-28-14-10-24)30-18-20-5-3-2-4-6-20/h2-8,17H,9-16,18H2,1H3,(H,25,27). The van der Waals surface area contributed by atoms with E-state index in [2.05, 4.69) is 22.3 Å². The molecule has 6 heteroatoms. The first-order valence-electron chi connectivity index (χ1n) is 10.7. The molecule has 160 valence electrons. The number of aryl methyl sites for hydroxylation is 1. The number of nitrogens with one attached hydrogen (secondary N) is 1. The van der Waals surface area contributed by atoms with Gasteiger partial charge in [0.15, 0.2) is 5.60 Å². The molecule has 0 bridgehead atoms. The maximum Gasteiger partial charge on any atom is 0.256 e. The minimum Gasteiger partial charge on any atom is -0.381 e. The Hall–Kier alpha value is -2.41. The van der Waals surface area contributed by atoms with Gasteiger partial charge in [-0.25, -0.2) is 0 Å². The molecule has 0 unspecified atom stereocenters. The van der Waals surface area contributed by atoms with Crippen LogP contribution in [0.3, 0.4) is 0 Å². The third kappa shape index (κ3) is 4.83. The highest BCUT2D eigenvalue weighted by atomic mass is 16.5. The van der Waals surface area contributed by atoms with E-state index < -0.39 is 5.60 Å². The molecule has 30 heavy (non-hydrogen) atoms. The Morgan fingerprint density at radius 1 is 1.03 bits per heavy atom. The summed E-state index contributed by atoms with van der Waals surface area (Å²) in [6.07, 6.45) is 1.10. The summed E-state index contributed by atoms with van der Waals surface area (Å²) in [5.41, 5.74) is 3.21. The third-order valence-electron chi connectivity index (χ3n) is 5.91. The van der Waals surface area contributed by atoms with Gasteiger partial charge in [-0.2, -0.15) is 0 Å². The normalized spacial score (nSPS) is 18.8. The van der Waals surface area contributed by atoms with Crippen molar-refractivity contribution in [3.63, 3.8) is 0 Å². The van der Waals surface area contributed by atoms with E-state index in [1.54, 1.807) is 0 Å². The molecule has 2 heterocycles. The smallest absolute Gasteiger partial charge is 0.256 e. The lowest BCUT2D eigenvalue weighted by Gasteiger charge is -2.36. The van der Waals surface area contributed by atoms with E-state index in [0.29, 0.717) is 32.7 Å². The zero-order chi connectivity index (χ0) is 20.8. The van der Waals surface area contributed by atoms with Crippen molar-refractivity contribution in [3.8, 4) is 0 Å². The number of carbonyl (C=O) groups is 1. The van der Waals surface area contributed by atoms with Gasteiger partial charge in [-0.3, -0.25) is 4.79 Å². The lowest BCUT2D eigenvalue weighted by atomic mass is 9.92. The molecule has 0 radical (unpaired) electrons. The third-order valence-corrected chi connectivity index (χ3v) is 5.91. The van der Waals surface area contributed by atoms with Crippen molar-refractivity contribution >= 4 is 17.3 Å². The Morgan fingerprint density at radius 3 is 2.43 bits per heavy atom. The van der Waals surface area contributed by atoms with Crippen LogP contribution in [-0.4, -0.2) is 51.0 Å². The molecule has 2 aliphatic heterocycles. The summed E-state index contributed by atoms with van der Waals surface area (Å²) >= 11 is 0. The zero-order valence-electron chi connectivity index (χ0n) is 17.6. The zero-order valence-corrected chi connectivity index (χ0v) is 17.6. The predicted molar refractivity (Wildman–Crippen MR) is 117 cm³/mol. The largest absolute Gasteiger partial charge is 0.381 e. The van der Waals surface area contributed by atoms with E-state index in [4.69, 9.17) is 14.2 Å². The Morgan fingerprint density at radius 2 is 1.73 bits per heavy atom. The Kier molecular flexibility index (Phi) is 6.67. The highest BCUT2D eigenvalue weighted by molar-refractivity contribution is 5.98. The van der Waals surface area contributed by atoms with E-state index in [9.17, 15) is 4.79 Å². The monoisotopic (exact) mass is 410 g/mol. The second-order valence-corrected chi connectivity index (χ2v) is 7.93. The molecule has 0 spiro atoms. The Balaban J connectivity index is 1.46. The quantitative estimate of drug-likeness (QED) is 0.789. The lowest BCUT2D eigenvalue weighted by molar-refractivity contribution is -0.158. The summed E-state index contributed by atoms with van der Waals surface area (Å²) in [7, 11) is 0. The molecular formula is C24H30N2O4. The van der Waals surface area contributed by atoms with Crippen molar-refractivity contribution in [1.82, 2.24) is 0 Å². The van der Waals surface area contributed by atoms with Gasteiger partial charge in [-0.05, 0) is 36.2 Å². The van der Waals surface area contributed by atoms with Crippen LogP contribution in [0.4, 0.5) is 11.4 Å². The number of nitrogens with zero attached hydrogens (tertiary/aromatic N) is 1. The molecule has 1 N–H and O–H groups in total. The number of morpholine rings is 1. The van der Waals surface area contributed by atoms with Crippen molar-refractivity contribution < 1.29 is 19.0 Å². The molecule has 6 nitrogen and oxygen atoms in total. The van der Waals surface area contributed by atoms with Crippen LogP contribution in [-0.2, 0) is 25.6 Å². The molecule has 2 aromatic carbocycles. The SMILES string of the molecule is Cc1cc(N2CCOCC2)ccc1NC(=O)C1(OCc2ccccc2)CCOCC1. The van der Waals surface area contributed by atoms with Gasteiger partial charge in [0, 0.05) is 50.5 Å². The lowest BCUT2D eigenvalue weighted by Crippen LogP contribution is -2.49. The van der Waals surface area contributed by atoms with Crippen LogP contribution in [0.1, 0.15) is 24.0 Å². The fourth-order valence-electron chi connectivity index (χ4n) is 3.98. The van der Waals surface area contributed by atoms with Crippen molar-refractivity contribution in [2.75, 3.05) is 49.7 Å². The molecule has 0 atom stereocenters. The van der Waals surface area contributed by atoms with E-state index in [1.807, 2.05) is 43.3 Å². The van der Waals surface area contributed by atoms with Gasteiger partial charge in [0.1, 0.15) is 0 Å². The van der Waals surface area contributed by atoms with E-state index >= 15 is 0 Å². The molecule has 2 fully saturated rings. The number of carbonyl (C=O) groups excluding carboxylic acids is 1. The van der Waals surface area contributed by atoms with E-state index in [1.165, 1.54) is 0 Å². The Labute approximate surface area is 178 Å². The number of rotatable bonds is 6. The average molecular weight is 411 g/mol. The summed E-state index contributed by atoms with van der Waals surface area (Å²) in [6.45, 7) is 6.77. The van der Waals surface area contributed by atoms with Crippen LogP contribution < -0.4 is 10.2 Å². The second kappa shape index (κ2) is 9.60. The van der Waals surface area contributed by atoms with Gasteiger partial charge >= 0.3 is 0 Å². The summed E-state index contributed by atoms with van der Waals surface area (Å²) in [5, 5.41) is 3.12. The van der Waals surface area contributed by atoms with Crippen LogP contribution >= 0.6 is 0 Å². The first-order chi connectivity index (χ1) is 14.7. The maximum atomic E-state index is 13.3. The van der Waals surface area contributed by atoms with Crippen LogP contribution in [0, 0.1) is 6.92 Å². The van der Waals surface area contributed by atoms with Gasteiger partial charge in [0.05, 0.1) is 19.8 Å². The molecule has 2 saturated heterocycles. The fraction of sp³-hybridized carbons (Fsp3) is 0.458. The number of amides is 1. The first kappa shape index (κ1) is 20.8. The number of anilines is 2. The summed E-state index contributed by atoms with van der Waals surface area (Å²) < 4.78 is 17.2. The van der Waals surface area contributed by atoms with E-state index in [-0.39, 0.29) is 5.91 Å². The van der Waals surface area contributed by atoms with Crippen molar-refractivity contribution in [3.05, 3.63) is 59.7 Å². The molecule has 0 aromatic heterocycles. The fourth-order valence-corrected chi connectivity index (χ4v) is 3.98. The van der Waals surface area contributed by atoms with Crippen LogP contribution in [0.5, 0.6) is 0 Å². The van der Waals surface area contributed by atoms with Gasteiger partial charge < -0.3 is 24.4 Å². The van der Waals surface area contributed by atoms with E-state index in [0.717, 1.165) is 48.8 Å². The average Bonchev–Trinajstić information content (AvgIpc) is 2.81. The summed E-state index contributed by atoms with van der Waals surface area (Å²) in [5.74, 6) is -0.0936. The number of benzene rings is 2. The van der Waals surface area contributed by atoms with Gasteiger partial charge in [-0.15, -0.1) is 0 Å². The predicted octanol–water partition coefficient (Wildman–Crippen LogP) is 3.54. The van der Waals surface area contributed by atoms with Crippen LogP contribution in [0.2, 0.25) is 0 Å². The van der Waals surface area contributed by atoms with Crippen LogP contribution in [0.25, 0.3) is 0 Å². The van der Waals surface area contributed by atoms with Crippen LogP contribution in [0.15, 0.2) is 48.5 Å². The molecule has 2 aromatic rings. The molecule has 1 amide bonds. The van der Waals surface area contributed by atoms with Crippen molar-refractivity contribution in [2.45, 2.75) is 32.0 Å². The minimum atomic E-state index is -0.872. The summed E-state index contributed by atoms with van der Waals surface area (Å²) in [4.78, 5) is 15.6. The minimum absolute atomic E-state index is 0.0936. The molecule has 4 rings (SSSR count). The highest BCUT2D eigenvalue weighted by Gasteiger charge is 2.41. The topological polar surface area (TPSA) is 60.0 Å².